The van der Waals surface area contributed by atoms with Crippen molar-refractivity contribution in [2.24, 2.45) is 9.98 Å². The highest BCUT2D eigenvalue weighted by molar-refractivity contribution is 8.28. The number of nitrogens with zero attached hydrogens (tertiary/aromatic N) is 2. The van der Waals surface area contributed by atoms with E-state index in [2.05, 4.69) is 20.6 Å². The van der Waals surface area contributed by atoms with Crippen LogP contribution in [0.5, 0.6) is 0 Å². The first kappa shape index (κ1) is 44.1. The second-order valence-corrected chi connectivity index (χ2v) is 19.1. The SMILES string of the molecule is O=C(NCCSCSCCN=CS(=O)CSCSCSC(=O)NCCSCSCCN=COOCSCO)OCSCO. The molecule has 0 aromatic heterocycles. The van der Waals surface area contributed by atoms with Crippen LogP contribution in [0.3, 0.4) is 0 Å². The molecule has 2 amide bonds. The Morgan fingerprint density at radius 3 is 2.09 bits per heavy atom. The van der Waals surface area contributed by atoms with Crippen LogP contribution in [-0.2, 0) is 25.3 Å². The number of carbonyl (C=O) groups excluding carboxylic acids is 2. The lowest BCUT2D eigenvalue weighted by Crippen LogP contribution is -2.26. The number of aliphatic imine (C=N–C) groups is 2. The zero-order chi connectivity index (χ0) is 31.5. The van der Waals surface area contributed by atoms with E-state index in [0.29, 0.717) is 36.3 Å². The Kier molecular flexibility index (Phi) is 38.4. The quantitative estimate of drug-likeness (QED) is 0.0195. The molecule has 0 aliphatic heterocycles. The van der Waals surface area contributed by atoms with Crippen LogP contribution in [0.4, 0.5) is 9.59 Å². The summed E-state index contributed by atoms with van der Waals surface area (Å²) in [7, 11) is -1.11. The van der Waals surface area contributed by atoms with Crippen molar-refractivity contribution in [1.29, 1.82) is 0 Å². The molecular weight excluding hydrogens is 757 g/mol. The van der Waals surface area contributed by atoms with Crippen LogP contribution in [0.15, 0.2) is 9.98 Å². The number of rotatable bonds is 31. The van der Waals surface area contributed by atoms with Gasteiger partial charge in [-0.05, 0) is 0 Å². The van der Waals surface area contributed by atoms with Crippen LogP contribution in [0.1, 0.15) is 0 Å². The van der Waals surface area contributed by atoms with E-state index >= 15 is 0 Å². The lowest BCUT2D eigenvalue weighted by atomic mass is 10.7. The van der Waals surface area contributed by atoms with Crippen molar-refractivity contribution in [2.45, 2.75) is 0 Å². The molecular formula is C21H40N4O8S10. The minimum atomic E-state index is -1.11. The van der Waals surface area contributed by atoms with Gasteiger partial charge in [0, 0.05) is 63.0 Å². The highest BCUT2D eigenvalue weighted by atomic mass is 32.3. The minimum absolute atomic E-state index is 0.0139. The van der Waals surface area contributed by atoms with Crippen LogP contribution in [-0.4, -0.2) is 136 Å². The van der Waals surface area contributed by atoms with Crippen LogP contribution < -0.4 is 10.6 Å². The number of hydrogen-bond donors (Lipinski definition) is 4. The third-order valence-corrected chi connectivity index (χ3v) is 14.1. The van der Waals surface area contributed by atoms with Gasteiger partial charge in [0.2, 0.25) is 6.40 Å². The topological polar surface area (TPSA) is 168 Å². The molecule has 0 aliphatic carbocycles. The Morgan fingerprint density at radius 1 is 0.744 bits per heavy atom. The van der Waals surface area contributed by atoms with Gasteiger partial charge in [-0.3, -0.25) is 19.0 Å². The number of hydrogen-bond acceptors (Lipinski definition) is 19. The lowest BCUT2D eigenvalue weighted by Gasteiger charge is -2.05. The van der Waals surface area contributed by atoms with Crippen LogP contribution in [0.25, 0.3) is 0 Å². The van der Waals surface area contributed by atoms with Crippen molar-refractivity contribution in [3.8, 4) is 0 Å². The number of alkyl carbamates (subject to hydrolysis) is 1. The number of carbonyl (C=O) groups is 2. The number of amides is 2. The fourth-order valence-corrected chi connectivity index (χ4v) is 10.6. The first-order valence-corrected chi connectivity index (χ1v) is 24.0. The minimum Gasteiger partial charge on any atom is -0.438 e. The van der Waals surface area contributed by atoms with Crippen molar-refractivity contribution in [1.82, 2.24) is 10.6 Å². The number of thioether (sulfide) groups is 9. The average molecular weight is 797 g/mol. The maximum absolute atomic E-state index is 12.0. The molecule has 0 fully saturated rings. The maximum Gasteiger partial charge on any atom is 0.408 e. The molecule has 0 spiro atoms. The Balaban J connectivity index is 3.39. The summed E-state index contributed by atoms with van der Waals surface area (Å²) in [4.78, 5) is 40.9. The maximum atomic E-state index is 12.0. The fraction of sp³-hybridized carbons (Fsp3) is 0.810. The van der Waals surface area contributed by atoms with Gasteiger partial charge in [-0.25, -0.2) is 4.79 Å². The molecule has 252 valence electrons. The van der Waals surface area contributed by atoms with Gasteiger partial charge in [0.25, 0.3) is 5.24 Å². The van der Waals surface area contributed by atoms with Crippen molar-refractivity contribution >= 4 is 140 Å². The Labute approximate surface area is 295 Å². The standard InChI is InChI=1S/C21H40N4O8S10/c26-11-38-13-31-20(28)24-3-7-36-16-35-6-2-23-10-43(30)19-41-17-40-18-42-21(29)25-4-8-37-15-34-5-1-22-9-32-33-14-39-12-27/h9-10,26-27H,1-8,11-19H2,(H,24,28)(H,25,29). The number of ether oxygens (including phenoxy) is 1. The molecule has 22 heteroatoms. The van der Waals surface area contributed by atoms with Crippen molar-refractivity contribution < 1.29 is 38.5 Å². The zero-order valence-corrected chi connectivity index (χ0v) is 31.7. The van der Waals surface area contributed by atoms with Gasteiger partial charge in [0.15, 0.2) is 0 Å². The third kappa shape index (κ3) is 37.4. The Hall–Kier alpha value is 1.06. The molecule has 0 aromatic carbocycles. The van der Waals surface area contributed by atoms with Crippen molar-refractivity contribution in [3.05, 3.63) is 0 Å². The van der Waals surface area contributed by atoms with Gasteiger partial charge >= 0.3 is 6.09 Å². The fourth-order valence-electron chi connectivity index (χ4n) is 1.96. The van der Waals surface area contributed by atoms with Gasteiger partial charge in [-0.1, -0.05) is 23.5 Å². The summed E-state index contributed by atoms with van der Waals surface area (Å²) in [5.41, 5.74) is 1.51. The van der Waals surface area contributed by atoms with Crippen molar-refractivity contribution in [3.63, 3.8) is 0 Å². The zero-order valence-electron chi connectivity index (χ0n) is 23.5. The molecule has 0 radical (unpaired) electrons. The molecule has 0 bridgehead atoms. The summed E-state index contributed by atoms with van der Waals surface area (Å²) >= 11 is 13.7. The monoisotopic (exact) mass is 796 g/mol. The van der Waals surface area contributed by atoms with E-state index in [1.807, 2.05) is 0 Å². The molecule has 4 N–H and O–H groups in total. The molecule has 12 nitrogen and oxygen atoms in total. The molecule has 0 rings (SSSR count). The molecule has 0 aliphatic rings. The summed E-state index contributed by atoms with van der Waals surface area (Å²) in [6, 6.07) is 0. The van der Waals surface area contributed by atoms with Crippen molar-refractivity contribution in [2.75, 3.05) is 98.4 Å². The first-order chi connectivity index (χ1) is 21.1. The smallest absolute Gasteiger partial charge is 0.408 e. The molecule has 0 heterocycles. The predicted molar refractivity (Wildman–Crippen MR) is 201 cm³/mol. The second-order valence-electron chi connectivity index (χ2n) is 6.87. The Morgan fingerprint density at radius 2 is 1.37 bits per heavy atom. The highest BCUT2D eigenvalue weighted by Gasteiger charge is 2.03. The van der Waals surface area contributed by atoms with Gasteiger partial charge in [0.05, 0.1) is 39.9 Å². The number of aliphatic hydroxyl groups is 2. The predicted octanol–water partition coefficient (Wildman–Crippen LogP) is 4.38. The molecule has 1 unspecified atom stereocenters. The average Bonchev–Trinajstić information content (AvgIpc) is 3.00. The number of aliphatic hydroxyl groups excluding tert-OH is 2. The summed E-state index contributed by atoms with van der Waals surface area (Å²) in [6.07, 6.45) is 0.778. The first-order valence-electron chi connectivity index (χ1n) is 12.4. The lowest BCUT2D eigenvalue weighted by molar-refractivity contribution is -0.196. The van der Waals surface area contributed by atoms with Gasteiger partial charge < -0.3 is 30.5 Å². The van der Waals surface area contributed by atoms with Crippen LogP contribution >= 0.6 is 106 Å². The molecule has 1 atom stereocenters. The van der Waals surface area contributed by atoms with Crippen LogP contribution in [0.2, 0.25) is 0 Å². The summed E-state index contributed by atoms with van der Waals surface area (Å²) in [5.74, 6) is 3.62. The summed E-state index contributed by atoms with van der Waals surface area (Å²) < 4.78 is 16.8. The third-order valence-electron chi connectivity index (χ3n) is 3.70. The molecule has 0 saturated heterocycles. The number of nitrogens with one attached hydrogen (secondary N) is 2. The van der Waals surface area contributed by atoms with E-state index in [4.69, 9.17) is 24.7 Å². The molecule has 0 saturated carbocycles. The second kappa shape index (κ2) is 37.5. The molecule has 0 aromatic rings. The normalized spacial score (nSPS) is 12.1. The van der Waals surface area contributed by atoms with E-state index < -0.39 is 16.9 Å². The summed E-state index contributed by atoms with van der Waals surface area (Å²) in [6.45, 7) is 2.39. The van der Waals surface area contributed by atoms with E-state index in [1.54, 1.807) is 70.6 Å². The molecule has 43 heavy (non-hydrogen) atoms. The summed E-state index contributed by atoms with van der Waals surface area (Å²) in [5, 5.41) is 26.4. The van der Waals surface area contributed by atoms with E-state index in [0.717, 1.165) is 50.0 Å². The van der Waals surface area contributed by atoms with E-state index in [1.165, 1.54) is 35.5 Å². The van der Waals surface area contributed by atoms with Gasteiger partial charge in [-0.2, -0.15) is 4.89 Å². The van der Waals surface area contributed by atoms with Gasteiger partial charge in [0.1, 0.15) is 11.9 Å². The highest BCUT2D eigenvalue weighted by Crippen LogP contribution is 2.19. The van der Waals surface area contributed by atoms with E-state index in [-0.39, 0.29) is 29.0 Å². The largest absolute Gasteiger partial charge is 0.438 e. The van der Waals surface area contributed by atoms with Gasteiger partial charge in [-0.15, -0.1) is 82.3 Å². The van der Waals surface area contributed by atoms with Crippen LogP contribution in [0, 0.1) is 0 Å². The van der Waals surface area contributed by atoms with E-state index in [9.17, 15) is 13.8 Å². The Bertz CT molecular complexity index is 750.